The zero-order chi connectivity index (χ0) is 4.99. The summed E-state index contributed by atoms with van der Waals surface area (Å²) >= 11 is 0. The zero-order valence-electron chi connectivity index (χ0n) is 6.70. The molecule has 0 rings (SSSR count). The molecule has 0 aromatic carbocycles. The van der Waals surface area contributed by atoms with Crippen molar-refractivity contribution in [1.82, 2.24) is 0 Å². The van der Waals surface area contributed by atoms with Crippen molar-refractivity contribution < 1.29 is 37.2 Å². The van der Waals surface area contributed by atoms with Crippen LogP contribution in [0.3, 0.4) is 0 Å². The molecule has 0 nitrogen and oxygen atoms in total. The molecule has 0 amide bonds. The van der Waals surface area contributed by atoms with Gasteiger partial charge in [0.25, 0.3) is 0 Å². The van der Waals surface area contributed by atoms with Crippen molar-refractivity contribution in [3.05, 3.63) is 0 Å². The van der Waals surface area contributed by atoms with Crippen LogP contribution in [0.25, 0.3) is 0 Å². The van der Waals surface area contributed by atoms with Gasteiger partial charge < -0.3 is 37.2 Å². The van der Waals surface area contributed by atoms with Crippen molar-refractivity contribution in [1.29, 1.82) is 0 Å². The second-order valence-electron chi connectivity index (χ2n) is 2.18. The molecule has 0 N–H and O–H groups in total. The third-order valence-corrected chi connectivity index (χ3v) is 0.866. The first-order valence-corrected chi connectivity index (χ1v) is 2.77. The summed E-state index contributed by atoms with van der Waals surface area (Å²) in [5, 5.41) is 0. The summed E-state index contributed by atoms with van der Waals surface area (Å²) in [5.41, 5.74) is 0. The van der Waals surface area contributed by atoms with E-state index in [0.29, 0.717) is 0 Å². The molecule has 0 spiro atoms. The Kier molecular flexibility index (Phi) is 67.5. The van der Waals surface area contributed by atoms with Crippen molar-refractivity contribution in [2.24, 2.45) is 5.92 Å². The van der Waals surface area contributed by atoms with E-state index in [0.717, 1.165) is 5.92 Å². The Morgan fingerprint density at radius 1 is 1.00 bits per heavy atom. The fourth-order valence-corrected chi connectivity index (χ4v) is 0.577. The molecule has 0 saturated carbocycles. The summed E-state index contributed by atoms with van der Waals surface area (Å²) in [5.74, 6) is 0.898. The average molecular weight is 220 g/mol. The molecule has 0 aliphatic rings. The van der Waals surface area contributed by atoms with Gasteiger partial charge in [0, 0.05) is 0 Å². The molecular formula is C6H14AlCl3. The maximum atomic E-state index is 2.25. The van der Waals surface area contributed by atoms with Crippen molar-refractivity contribution in [3.63, 3.8) is 0 Å². The number of hydrogen-bond donors (Lipinski definition) is 0. The van der Waals surface area contributed by atoms with Gasteiger partial charge in [0.05, 0.1) is 0 Å². The van der Waals surface area contributed by atoms with Crippen LogP contribution in [0.2, 0.25) is 0 Å². The summed E-state index contributed by atoms with van der Waals surface area (Å²) in [6.45, 7) is 6.73. The average Bonchev–Trinajstić information content (AvgIpc) is 1.35. The normalized spacial score (nSPS) is 6.00. The number of halogens is 3. The first-order chi connectivity index (χ1) is 2.77. The van der Waals surface area contributed by atoms with E-state index in [1.54, 1.807) is 0 Å². The predicted molar refractivity (Wildman–Crippen MR) is 35.5 cm³/mol. The van der Waals surface area contributed by atoms with E-state index in [1.807, 2.05) is 0 Å². The molecule has 10 heavy (non-hydrogen) atoms. The van der Waals surface area contributed by atoms with Crippen molar-refractivity contribution in [2.75, 3.05) is 0 Å². The van der Waals surface area contributed by atoms with Crippen LogP contribution < -0.4 is 37.2 Å². The maximum absolute atomic E-state index is 2.25. The van der Waals surface area contributed by atoms with Crippen LogP contribution in [0.1, 0.15) is 33.6 Å². The molecule has 62 valence electrons. The van der Waals surface area contributed by atoms with Gasteiger partial charge in [0.2, 0.25) is 0 Å². The van der Waals surface area contributed by atoms with Gasteiger partial charge in [-0.3, -0.25) is 0 Å². The molecular weight excluding hydrogens is 205 g/mol. The summed E-state index contributed by atoms with van der Waals surface area (Å²) in [6.07, 6.45) is 2.71. The Bertz CT molecular complexity index is 34.2. The van der Waals surface area contributed by atoms with Gasteiger partial charge in [-0.15, -0.1) is 0 Å². The van der Waals surface area contributed by atoms with Crippen LogP contribution in [0.4, 0.5) is 0 Å². The van der Waals surface area contributed by atoms with E-state index in [-0.39, 0.29) is 54.6 Å². The number of rotatable bonds is 2. The van der Waals surface area contributed by atoms with Gasteiger partial charge in [-0.25, -0.2) is 0 Å². The van der Waals surface area contributed by atoms with Crippen LogP contribution in [-0.4, -0.2) is 17.4 Å². The van der Waals surface area contributed by atoms with E-state index in [2.05, 4.69) is 20.8 Å². The van der Waals surface area contributed by atoms with E-state index >= 15 is 0 Å². The summed E-state index contributed by atoms with van der Waals surface area (Å²) in [7, 11) is 0. The van der Waals surface area contributed by atoms with Crippen molar-refractivity contribution in [3.8, 4) is 0 Å². The van der Waals surface area contributed by atoms with E-state index in [4.69, 9.17) is 0 Å². The minimum Gasteiger partial charge on any atom is -1.00 e. The second kappa shape index (κ2) is 22.4. The molecule has 0 aromatic rings. The quantitative estimate of drug-likeness (QED) is 0.405. The molecule has 0 atom stereocenters. The van der Waals surface area contributed by atoms with Crippen LogP contribution in [-0.2, 0) is 0 Å². The summed E-state index contributed by atoms with van der Waals surface area (Å²) < 4.78 is 0. The van der Waals surface area contributed by atoms with Crippen molar-refractivity contribution >= 4 is 17.4 Å². The van der Waals surface area contributed by atoms with Gasteiger partial charge >= 0.3 is 17.4 Å². The standard InChI is InChI=1S/C6H14.Al.3ClH/c1-4-5-6(2)3;;;;/h6H,4-5H2,1-3H3;;3*1H/q;+3;;;/p-3. The second-order valence-corrected chi connectivity index (χ2v) is 2.18. The van der Waals surface area contributed by atoms with E-state index < -0.39 is 0 Å². The summed E-state index contributed by atoms with van der Waals surface area (Å²) in [4.78, 5) is 0. The van der Waals surface area contributed by atoms with Gasteiger partial charge in [-0.2, -0.15) is 0 Å². The molecule has 4 heteroatoms. The monoisotopic (exact) mass is 218 g/mol. The van der Waals surface area contributed by atoms with Crippen LogP contribution in [0.5, 0.6) is 0 Å². The molecule has 0 saturated heterocycles. The van der Waals surface area contributed by atoms with Gasteiger partial charge in [-0.05, 0) is 5.92 Å². The predicted octanol–water partition coefficient (Wildman–Crippen LogP) is -6.93. The molecule has 0 aromatic heterocycles. The largest absolute Gasteiger partial charge is 3.00 e. The molecule has 0 aliphatic heterocycles. The van der Waals surface area contributed by atoms with Gasteiger partial charge in [0.15, 0.2) is 0 Å². The van der Waals surface area contributed by atoms with E-state index in [9.17, 15) is 0 Å². The zero-order valence-corrected chi connectivity index (χ0v) is 10.1. The topological polar surface area (TPSA) is 0 Å². The molecule has 0 bridgehead atoms. The Hall–Kier alpha value is 1.40. The van der Waals surface area contributed by atoms with Gasteiger partial charge in [0.1, 0.15) is 0 Å². The van der Waals surface area contributed by atoms with Crippen LogP contribution in [0.15, 0.2) is 0 Å². The SMILES string of the molecule is CCCC(C)C.[Al+3].[Cl-].[Cl-].[Cl-]. The Morgan fingerprint density at radius 2 is 1.30 bits per heavy atom. The third kappa shape index (κ3) is 34.3. The maximum Gasteiger partial charge on any atom is 3.00 e. The third-order valence-electron chi connectivity index (χ3n) is 0.866. The fourth-order valence-electron chi connectivity index (χ4n) is 0.577. The molecule has 0 heterocycles. The first kappa shape index (κ1) is 30.1. The minimum absolute atomic E-state index is 0. The Balaban J connectivity index is -0.0000000208. The smallest absolute Gasteiger partial charge is 1.00 e. The molecule has 0 radical (unpaired) electrons. The molecule has 0 unspecified atom stereocenters. The molecule has 0 fully saturated rings. The Morgan fingerprint density at radius 3 is 1.30 bits per heavy atom. The first-order valence-electron chi connectivity index (χ1n) is 2.77. The van der Waals surface area contributed by atoms with Gasteiger partial charge in [-0.1, -0.05) is 33.6 Å². The van der Waals surface area contributed by atoms with Crippen LogP contribution >= 0.6 is 0 Å². The number of hydrogen-bond acceptors (Lipinski definition) is 0. The fraction of sp³-hybridized carbons (Fsp3) is 1.00. The minimum atomic E-state index is 0. The van der Waals surface area contributed by atoms with Crippen LogP contribution in [0, 0.1) is 5.92 Å². The van der Waals surface area contributed by atoms with Crippen molar-refractivity contribution in [2.45, 2.75) is 33.6 Å². The van der Waals surface area contributed by atoms with E-state index in [1.165, 1.54) is 12.8 Å². The Labute approximate surface area is 93.9 Å². The summed E-state index contributed by atoms with van der Waals surface area (Å²) in [6, 6.07) is 0. The molecule has 0 aliphatic carbocycles.